The first kappa shape index (κ1) is 19.0. The number of hydrogen-bond donors (Lipinski definition) is 4. The molecule has 4 N–H and O–H groups in total. The molecule has 0 bridgehead atoms. The van der Waals surface area contributed by atoms with Crippen molar-refractivity contribution in [2.75, 3.05) is 0 Å². The van der Waals surface area contributed by atoms with Crippen molar-refractivity contribution in [3.8, 4) is 0 Å². The summed E-state index contributed by atoms with van der Waals surface area (Å²) in [6.07, 6.45) is -1.76. The maximum atomic E-state index is 11.5. The summed E-state index contributed by atoms with van der Waals surface area (Å²) >= 11 is -4.80. The third-order valence-electron chi connectivity index (χ3n) is 3.40. The SMILES string of the molecule is CCC(CC)(C(=O)O)C(CC(=O)O)([O][Zr](=[O])[OH])C(=O)O. The van der Waals surface area contributed by atoms with E-state index < -0.39 is 58.0 Å². The van der Waals surface area contributed by atoms with Gasteiger partial charge in [-0.2, -0.15) is 0 Å². The van der Waals surface area contributed by atoms with E-state index in [1.807, 2.05) is 0 Å². The van der Waals surface area contributed by atoms with Gasteiger partial charge in [0.05, 0.1) is 0 Å². The Balaban J connectivity index is 6.29. The summed E-state index contributed by atoms with van der Waals surface area (Å²) in [7, 11) is 0. The van der Waals surface area contributed by atoms with Crippen LogP contribution < -0.4 is 0 Å². The zero-order chi connectivity index (χ0) is 16.1. The van der Waals surface area contributed by atoms with Crippen LogP contribution in [0.15, 0.2) is 0 Å². The van der Waals surface area contributed by atoms with Gasteiger partial charge in [0, 0.05) is 0 Å². The van der Waals surface area contributed by atoms with E-state index in [4.69, 9.17) is 8.29 Å². The van der Waals surface area contributed by atoms with Crippen molar-refractivity contribution in [1.82, 2.24) is 0 Å². The molecule has 0 saturated carbocycles. The van der Waals surface area contributed by atoms with Crippen LogP contribution in [-0.2, 0) is 42.6 Å². The predicted octanol–water partition coefficient (Wildman–Crippen LogP) is -0.0219. The van der Waals surface area contributed by atoms with Crippen molar-refractivity contribution in [2.24, 2.45) is 5.41 Å². The fourth-order valence-corrected chi connectivity index (χ4v) is 3.89. The van der Waals surface area contributed by atoms with Crippen LogP contribution in [0.3, 0.4) is 0 Å². The van der Waals surface area contributed by atoms with E-state index in [1.165, 1.54) is 13.8 Å². The van der Waals surface area contributed by atoms with Gasteiger partial charge in [0.1, 0.15) is 0 Å². The van der Waals surface area contributed by atoms with Crippen molar-refractivity contribution >= 4 is 17.9 Å². The van der Waals surface area contributed by atoms with Crippen LogP contribution in [0.1, 0.15) is 33.1 Å². The van der Waals surface area contributed by atoms with Gasteiger partial charge in [-0.3, -0.25) is 0 Å². The van der Waals surface area contributed by atoms with E-state index in [0.29, 0.717) is 0 Å². The molecule has 0 amide bonds. The average molecular weight is 371 g/mol. The Morgan fingerprint density at radius 3 is 1.70 bits per heavy atom. The second-order valence-electron chi connectivity index (χ2n) is 4.17. The van der Waals surface area contributed by atoms with E-state index >= 15 is 0 Å². The van der Waals surface area contributed by atoms with Crippen LogP contribution >= 0.6 is 0 Å². The predicted molar refractivity (Wildman–Crippen MR) is 57.3 cm³/mol. The molecule has 0 aliphatic carbocycles. The third-order valence-corrected chi connectivity index (χ3v) is 4.68. The third kappa shape index (κ3) is 3.36. The zero-order valence-electron chi connectivity index (χ0n) is 11.0. The Kier molecular flexibility index (Phi) is 6.79. The van der Waals surface area contributed by atoms with E-state index in [-0.39, 0.29) is 12.8 Å². The molecule has 1 atom stereocenters. The molecule has 0 radical (unpaired) electrons. The van der Waals surface area contributed by atoms with Crippen molar-refractivity contribution in [1.29, 1.82) is 0 Å². The number of carbonyl (C=O) groups is 3. The van der Waals surface area contributed by atoms with Crippen LogP contribution in [0, 0.1) is 5.41 Å². The average Bonchev–Trinajstić information content (AvgIpc) is 2.28. The molecule has 0 aliphatic rings. The molecule has 10 heteroatoms. The molecule has 0 saturated heterocycles. The maximum absolute atomic E-state index is 11.5. The van der Waals surface area contributed by atoms with Gasteiger partial charge in [-0.15, -0.1) is 0 Å². The molecule has 0 heterocycles. The molecule has 20 heavy (non-hydrogen) atoms. The van der Waals surface area contributed by atoms with E-state index in [9.17, 15) is 27.4 Å². The van der Waals surface area contributed by atoms with Crippen molar-refractivity contribution in [2.45, 2.75) is 38.7 Å². The molecule has 0 fully saturated rings. The van der Waals surface area contributed by atoms with Crippen LogP contribution in [0.2, 0.25) is 0 Å². The van der Waals surface area contributed by atoms with E-state index in [2.05, 4.69) is 2.81 Å². The van der Waals surface area contributed by atoms with Crippen molar-refractivity contribution in [3.63, 3.8) is 0 Å². The van der Waals surface area contributed by atoms with Gasteiger partial charge < -0.3 is 0 Å². The zero-order valence-corrected chi connectivity index (χ0v) is 13.4. The molecule has 0 aromatic rings. The van der Waals surface area contributed by atoms with Gasteiger partial charge in [-0.05, 0) is 0 Å². The van der Waals surface area contributed by atoms with Gasteiger partial charge in [0.2, 0.25) is 0 Å². The van der Waals surface area contributed by atoms with Gasteiger partial charge in [-0.1, -0.05) is 0 Å². The summed E-state index contributed by atoms with van der Waals surface area (Å²) in [6, 6.07) is 0. The Morgan fingerprint density at radius 2 is 1.50 bits per heavy atom. The minimum atomic E-state index is -4.80. The first-order chi connectivity index (χ1) is 9.09. The van der Waals surface area contributed by atoms with Crippen molar-refractivity contribution in [3.05, 3.63) is 0 Å². The first-order valence-corrected chi connectivity index (χ1v) is 8.80. The summed E-state index contributed by atoms with van der Waals surface area (Å²) in [5.41, 5.74) is -4.89. The van der Waals surface area contributed by atoms with Crippen LogP contribution in [-0.4, -0.2) is 42.0 Å². The summed E-state index contributed by atoms with van der Waals surface area (Å²) < 4.78 is 24.5. The summed E-state index contributed by atoms with van der Waals surface area (Å²) in [6.45, 7) is 2.71. The van der Waals surface area contributed by atoms with Gasteiger partial charge >= 0.3 is 123 Å². The van der Waals surface area contributed by atoms with E-state index in [0.717, 1.165) is 0 Å². The molecule has 1 unspecified atom stereocenters. The molecule has 0 aliphatic heterocycles. The topological polar surface area (TPSA) is 158 Å². The number of carboxylic acids is 3. The first-order valence-electron chi connectivity index (χ1n) is 5.70. The number of rotatable bonds is 9. The second-order valence-corrected chi connectivity index (χ2v) is 5.97. The van der Waals surface area contributed by atoms with Gasteiger partial charge in [0.15, 0.2) is 0 Å². The number of hydrogen-bond acceptors (Lipinski definition) is 5. The van der Waals surface area contributed by atoms with Crippen LogP contribution in [0.4, 0.5) is 0 Å². The minimum absolute atomic E-state index is 0.269. The number of carboxylic acid groups (broad SMARTS) is 3. The Labute approximate surface area is 123 Å². The molecule has 0 rings (SSSR count). The number of aliphatic carboxylic acids is 3. The van der Waals surface area contributed by atoms with Gasteiger partial charge in [-0.25, -0.2) is 0 Å². The summed E-state index contributed by atoms with van der Waals surface area (Å²) in [5.74, 6) is -5.10. The van der Waals surface area contributed by atoms with Crippen LogP contribution in [0.5, 0.6) is 0 Å². The summed E-state index contributed by atoms with van der Waals surface area (Å²) in [5, 5.41) is 27.5. The Morgan fingerprint density at radius 1 is 1.05 bits per heavy atom. The standard InChI is InChI=1S/C10H15O7.H2O.O.Zr/c1-3-9(4-2,7(13)14)10(17,8(15)16)5-6(11)12;;;/h3-5H2,1-2H3,(H,11,12)(H,13,14)(H,15,16);1H2;;/q-1;;;+2/p-1. The van der Waals surface area contributed by atoms with Gasteiger partial charge in [0.25, 0.3) is 0 Å². The molecular formula is C10H16O9Zr. The molecule has 114 valence electrons. The Bertz CT molecular complexity index is 410. The fraction of sp³-hybridized carbons (Fsp3) is 0.700. The van der Waals surface area contributed by atoms with Crippen molar-refractivity contribution < 1.29 is 61.1 Å². The summed E-state index contributed by atoms with van der Waals surface area (Å²) in [4.78, 5) is 33.9. The molecule has 0 spiro atoms. The monoisotopic (exact) mass is 370 g/mol. The molecule has 0 aromatic carbocycles. The van der Waals surface area contributed by atoms with Crippen LogP contribution in [0.25, 0.3) is 0 Å². The quantitative estimate of drug-likeness (QED) is 0.437. The molecule has 9 nitrogen and oxygen atoms in total. The Hall–Kier alpha value is -0.987. The second kappa shape index (κ2) is 7.15. The van der Waals surface area contributed by atoms with E-state index in [1.54, 1.807) is 0 Å². The normalized spacial score (nSPS) is 14.3. The fourth-order valence-electron chi connectivity index (χ4n) is 2.29. The molecule has 0 aromatic heterocycles. The molecular weight excluding hydrogens is 355 g/mol.